The van der Waals surface area contributed by atoms with Gasteiger partial charge in [0, 0.05) is 5.39 Å². The van der Waals surface area contributed by atoms with Gasteiger partial charge in [0.1, 0.15) is 17.2 Å². The van der Waals surface area contributed by atoms with Gasteiger partial charge in [-0.1, -0.05) is 42.0 Å². The van der Waals surface area contributed by atoms with Crippen molar-refractivity contribution in [3.8, 4) is 11.9 Å². The molecule has 1 amide bonds. The van der Waals surface area contributed by atoms with Crippen LogP contribution in [0, 0.1) is 32.1 Å². The van der Waals surface area contributed by atoms with Gasteiger partial charge in [0.25, 0.3) is 5.91 Å². The minimum Gasteiger partial charge on any atom is -0.462 e. The molecule has 0 fully saturated rings. The van der Waals surface area contributed by atoms with Gasteiger partial charge in [-0.25, -0.2) is 9.78 Å². The molecule has 2 aromatic heterocycles. The van der Waals surface area contributed by atoms with Gasteiger partial charge in [0.15, 0.2) is 11.6 Å². The van der Waals surface area contributed by atoms with Crippen LogP contribution in [-0.4, -0.2) is 33.2 Å². The molecule has 8 nitrogen and oxygen atoms in total. The van der Waals surface area contributed by atoms with Gasteiger partial charge in [-0.2, -0.15) is 15.0 Å². The fourth-order valence-electron chi connectivity index (χ4n) is 3.98. The molecule has 36 heavy (non-hydrogen) atoms. The highest BCUT2D eigenvalue weighted by Gasteiger charge is 2.24. The van der Waals surface area contributed by atoms with Gasteiger partial charge in [0.2, 0.25) is 0 Å². The predicted octanol–water partition coefficient (Wildman–Crippen LogP) is 5.07. The molecule has 0 saturated heterocycles. The normalized spacial score (nSPS) is 11.2. The summed E-state index contributed by atoms with van der Waals surface area (Å²) in [7, 11) is 0. The first kappa shape index (κ1) is 24.4. The standard InChI is InChI=1S/C28H25N5O3/c1-5-36-28(35)23-16-30-33(24-13-18(3)22-12-17(2)11-19(4)25(22)31-24)26(23)32-27(34)21(15-29)14-20-9-7-6-8-10-20/h6-14,16H,5H2,1-4H3,(H,32,34)/b21-14+. The number of nitrogens with zero attached hydrogens (tertiary/aromatic N) is 4. The molecular weight excluding hydrogens is 454 g/mol. The lowest BCUT2D eigenvalue weighted by Crippen LogP contribution is -2.19. The Labute approximate surface area is 208 Å². The molecule has 0 aliphatic heterocycles. The fraction of sp³-hybridized carbons (Fsp3) is 0.179. The van der Waals surface area contributed by atoms with Crippen molar-refractivity contribution in [1.82, 2.24) is 14.8 Å². The number of rotatable bonds is 6. The van der Waals surface area contributed by atoms with Crippen LogP contribution in [0.5, 0.6) is 0 Å². The first-order chi connectivity index (χ1) is 17.3. The Hall–Kier alpha value is -4.77. The number of amides is 1. The smallest absolute Gasteiger partial charge is 0.343 e. The molecule has 0 saturated carbocycles. The predicted molar refractivity (Wildman–Crippen MR) is 138 cm³/mol. The Balaban J connectivity index is 1.82. The highest BCUT2D eigenvalue weighted by atomic mass is 16.5. The zero-order valence-electron chi connectivity index (χ0n) is 20.5. The summed E-state index contributed by atoms with van der Waals surface area (Å²) in [6, 6.07) is 16.9. The summed E-state index contributed by atoms with van der Waals surface area (Å²) in [4.78, 5) is 30.6. The molecular formula is C28H25N5O3. The Morgan fingerprint density at radius 1 is 1.11 bits per heavy atom. The van der Waals surface area contributed by atoms with E-state index in [1.807, 2.05) is 57.2 Å². The van der Waals surface area contributed by atoms with Crippen LogP contribution in [0.15, 0.2) is 60.3 Å². The number of nitriles is 1. The summed E-state index contributed by atoms with van der Waals surface area (Å²) in [5, 5.41) is 17.7. The number of nitrogens with one attached hydrogen (secondary N) is 1. The number of benzene rings is 2. The SMILES string of the molecule is CCOC(=O)c1cnn(-c2cc(C)c3cc(C)cc(C)c3n2)c1NC(=O)/C(C#N)=C/c1ccccc1. The summed E-state index contributed by atoms with van der Waals surface area (Å²) >= 11 is 0. The third kappa shape index (κ3) is 4.86. The van der Waals surface area contributed by atoms with E-state index in [9.17, 15) is 14.9 Å². The number of anilines is 1. The van der Waals surface area contributed by atoms with Crippen molar-refractivity contribution in [3.63, 3.8) is 0 Å². The minimum absolute atomic E-state index is 0.0578. The summed E-state index contributed by atoms with van der Waals surface area (Å²) < 4.78 is 6.55. The molecule has 8 heteroatoms. The maximum atomic E-state index is 13.1. The van der Waals surface area contributed by atoms with Crippen LogP contribution in [0.3, 0.4) is 0 Å². The number of pyridine rings is 1. The number of ether oxygens (including phenoxy) is 1. The van der Waals surface area contributed by atoms with Crippen molar-refractivity contribution in [3.05, 3.63) is 88.1 Å². The van der Waals surface area contributed by atoms with Crippen LogP contribution in [0.2, 0.25) is 0 Å². The van der Waals surface area contributed by atoms with Crippen molar-refractivity contribution in [2.24, 2.45) is 0 Å². The van der Waals surface area contributed by atoms with Crippen molar-refractivity contribution in [1.29, 1.82) is 5.26 Å². The monoisotopic (exact) mass is 479 g/mol. The fourth-order valence-corrected chi connectivity index (χ4v) is 3.98. The second-order valence-corrected chi connectivity index (χ2v) is 8.35. The van der Waals surface area contributed by atoms with Crippen LogP contribution >= 0.6 is 0 Å². The maximum absolute atomic E-state index is 13.1. The summed E-state index contributed by atoms with van der Waals surface area (Å²) in [6.45, 7) is 7.82. The van der Waals surface area contributed by atoms with Crippen molar-refractivity contribution >= 4 is 34.7 Å². The number of hydrogen-bond acceptors (Lipinski definition) is 6. The Morgan fingerprint density at radius 2 is 1.86 bits per heavy atom. The Morgan fingerprint density at radius 3 is 2.56 bits per heavy atom. The van der Waals surface area contributed by atoms with Crippen LogP contribution in [-0.2, 0) is 9.53 Å². The van der Waals surface area contributed by atoms with E-state index < -0.39 is 11.9 Å². The lowest BCUT2D eigenvalue weighted by molar-refractivity contribution is -0.112. The molecule has 4 rings (SSSR count). The second kappa shape index (κ2) is 10.2. The van der Waals surface area contributed by atoms with Gasteiger partial charge in [0.05, 0.1) is 18.3 Å². The van der Waals surface area contributed by atoms with Crippen LogP contribution in [0.25, 0.3) is 22.8 Å². The van der Waals surface area contributed by atoms with Gasteiger partial charge in [-0.05, 0) is 62.6 Å². The third-order valence-electron chi connectivity index (χ3n) is 5.63. The Kier molecular flexibility index (Phi) is 6.93. The molecule has 1 N–H and O–H groups in total. The lowest BCUT2D eigenvalue weighted by Gasteiger charge is -2.13. The number of carbonyl (C=O) groups is 2. The van der Waals surface area contributed by atoms with Crippen LogP contribution in [0.1, 0.15) is 39.5 Å². The molecule has 2 heterocycles. The molecule has 0 spiro atoms. The van der Waals surface area contributed by atoms with Gasteiger partial charge < -0.3 is 10.1 Å². The Bertz CT molecular complexity index is 1550. The molecule has 0 aliphatic carbocycles. The molecule has 4 aromatic rings. The topological polar surface area (TPSA) is 110 Å². The largest absolute Gasteiger partial charge is 0.462 e. The van der Waals surface area contributed by atoms with Crippen molar-refractivity contribution in [2.45, 2.75) is 27.7 Å². The minimum atomic E-state index is -0.682. The number of hydrogen-bond donors (Lipinski definition) is 1. The molecule has 0 bridgehead atoms. The van der Waals surface area contributed by atoms with E-state index >= 15 is 0 Å². The number of fused-ring (bicyclic) bond motifs is 1. The summed E-state index contributed by atoms with van der Waals surface area (Å²) in [6.07, 6.45) is 2.80. The van der Waals surface area contributed by atoms with Gasteiger partial charge in [-0.3, -0.25) is 4.79 Å². The highest BCUT2D eigenvalue weighted by Crippen LogP contribution is 2.27. The molecule has 0 radical (unpaired) electrons. The van der Waals surface area contributed by atoms with E-state index in [2.05, 4.69) is 16.5 Å². The summed E-state index contributed by atoms with van der Waals surface area (Å²) in [5.74, 6) is -0.834. The lowest BCUT2D eigenvalue weighted by atomic mass is 10.0. The van der Waals surface area contributed by atoms with E-state index in [0.29, 0.717) is 11.4 Å². The second-order valence-electron chi connectivity index (χ2n) is 8.35. The van der Waals surface area contributed by atoms with Gasteiger partial charge in [-0.15, -0.1) is 0 Å². The zero-order valence-corrected chi connectivity index (χ0v) is 20.5. The van der Waals surface area contributed by atoms with Crippen LogP contribution < -0.4 is 5.32 Å². The van der Waals surface area contributed by atoms with Crippen molar-refractivity contribution < 1.29 is 14.3 Å². The number of aromatic nitrogens is 3. The van der Waals surface area contributed by atoms with E-state index in [1.165, 1.54) is 17.0 Å². The van der Waals surface area contributed by atoms with E-state index in [0.717, 1.165) is 27.6 Å². The molecule has 0 atom stereocenters. The summed E-state index contributed by atoms with van der Waals surface area (Å²) in [5.41, 5.74) is 4.51. The zero-order chi connectivity index (χ0) is 25.8. The van der Waals surface area contributed by atoms with Gasteiger partial charge >= 0.3 is 5.97 Å². The van der Waals surface area contributed by atoms with E-state index in [1.54, 1.807) is 19.1 Å². The van der Waals surface area contributed by atoms with E-state index in [4.69, 9.17) is 9.72 Å². The first-order valence-corrected chi connectivity index (χ1v) is 11.4. The van der Waals surface area contributed by atoms with E-state index in [-0.39, 0.29) is 23.6 Å². The molecule has 0 aliphatic rings. The van der Waals surface area contributed by atoms with Crippen molar-refractivity contribution in [2.75, 3.05) is 11.9 Å². The maximum Gasteiger partial charge on any atom is 0.343 e. The molecule has 0 unspecified atom stereocenters. The van der Waals surface area contributed by atoms with Crippen LogP contribution in [0.4, 0.5) is 5.82 Å². The highest BCUT2D eigenvalue weighted by molar-refractivity contribution is 6.11. The third-order valence-corrected chi connectivity index (χ3v) is 5.63. The number of aryl methyl sites for hydroxylation is 3. The average molecular weight is 480 g/mol. The number of carbonyl (C=O) groups excluding carboxylic acids is 2. The number of esters is 1. The average Bonchev–Trinajstić information content (AvgIpc) is 3.27. The molecule has 180 valence electrons. The quantitative estimate of drug-likeness (QED) is 0.235. The first-order valence-electron chi connectivity index (χ1n) is 11.4. The molecule has 2 aromatic carbocycles.